The number of aromatic nitrogens is 1. The van der Waals surface area contributed by atoms with Crippen molar-refractivity contribution in [3.05, 3.63) is 23.9 Å². The van der Waals surface area contributed by atoms with Gasteiger partial charge in [-0.05, 0) is 32.9 Å². The summed E-state index contributed by atoms with van der Waals surface area (Å²) in [6.07, 6.45) is 1.13. The SMILES string of the molecule is CC(C)(C)OC(=O)Nc1cc(C[NH3+])ccn1. The average Bonchev–Trinajstić information content (AvgIpc) is 2.15. The van der Waals surface area contributed by atoms with Crippen molar-refractivity contribution < 1.29 is 15.3 Å². The summed E-state index contributed by atoms with van der Waals surface area (Å²) in [6.45, 7) is 6.09. The number of ether oxygens (including phenoxy) is 1. The smallest absolute Gasteiger partial charge is 0.413 e. The van der Waals surface area contributed by atoms with Gasteiger partial charge >= 0.3 is 6.09 Å². The van der Waals surface area contributed by atoms with Crippen LogP contribution in [0.1, 0.15) is 26.3 Å². The highest BCUT2D eigenvalue weighted by molar-refractivity contribution is 5.83. The van der Waals surface area contributed by atoms with E-state index in [1.54, 1.807) is 12.3 Å². The van der Waals surface area contributed by atoms with Crippen LogP contribution in [0.15, 0.2) is 18.3 Å². The number of nitrogens with zero attached hydrogens (tertiary/aromatic N) is 1. The molecular formula is C11H18N3O2+. The molecule has 0 atom stereocenters. The third kappa shape index (κ3) is 4.27. The number of hydrogen-bond acceptors (Lipinski definition) is 3. The molecule has 16 heavy (non-hydrogen) atoms. The van der Waals surface area contributed by atoms with Crippen LogP contribution in [0.3, 0.4) is 0 Å². The lowest BCUT2D eigenvalue weighted by molar-refractivity contribution is -0.386. The third-order valence-electron chi connectivity index (χ3n) is 1.74. The number of rotatable bonds is 2. The fourth-order valence-corrected chi connectivity index (χ4v) is 1.11. The summed E-state index contributed by atoms with van der Waals surface area (Å²) < 4.78 is 5.11. The molecule has 1 heterocycles. The van der Waals surface area contributed by atoms with Gasteiger partial charge in [-0.25, -0.2) is 9.78 Å². The molecule has 0 unspecified atom stereocenters. The van der Waals surface area contributed by atoms with E-state index in [2.05, 4.69) is 16.0 Å². The van der Waals surface area contributed by atoms with Crippen molar-refractivity contribution in [1.29, 1.82) is 0 Å². The molecule has 1 amide bonds. The van der Waals surface area contributed by atoms with E-state index in [0.717, 1.165) is 5.56 Å². The molecule has 0 aromatic carbocycles. The van der Waals surface area contributed by atoms with Crippen LogP contribution in [0, 0.1) is 0 Å². The molecule has 0 aliphatic carbocycles. The van der Waals surface area contributed by atoms with Crippen molar-refractivity contribution >= 4 is 11.9 Å². The fourth-order valence-electron chi connectivity index (χ4n) is 1.11. The molecule has 1 aromatic heterocycles. The van der Waals surface area contributed by atoms with E-state index in [1.165, 1.54) is 0 Å². The first kappa shape index (κ1) is 12.4. The van der Waals surface area contributed by atoms with Crippen LogP contribution in [0.5, 0.6) is 0 Å². The highest BCUT2D eigenvalue weighted by atomic mass is 16.6. The number of quaternary nitrogens is 1. The monoisotopic (exact) mass is 224 g/mol. The van der Waals surface area contributed by atoms with E-state index in [9.17, 15) is 4.79 Å². The van der Waals surface area contributed by atoms with Gasteiger partial charge in [0.1, 0.15) is 11.4 Å². The van der Waals surface area contributed by atoms with Gasteiger partial charge in [0.15, 0.2) is 0 Å². The minimum absolute atomic E-state index is 0.482. The summed E-state index contributed by atoms with van der Waals surface area (Å²) in [6, 6.07) is 3.63. The number of amides is 1. The Labute approximate surface area is 95.0 Å². The Morgan fingerprint density at radius 1 is 1.56 bits per heavy atom. The van der Waals surface area contributed by atoms with Crippen molar-refractivity contribution in [2.45, 2.75) is 32.9 Å². The Hall–Kier alpha value is -1.62. The highest BCUT2D eigenvalue weighted by Gasteiger charge is 2.16. The Bertz CT molecular complexity index is 372. The van der Waals surface area contributed by atoms with Gasteiger partial charge in [0.05, 0.1) is 6.54 Å². The van der Waals surface area contributed by atoms with Crippen molar-refractivity contribution in [3.8, 4) is 0 Å². The lowest BCUT2D eigenvalue weighted by Crippen LogP contribution is -2.47. The van der Waals surface area contributed by atoms with Crippen LogP contribution in [0.2, 0.25) is 0 Å². The largest absolute Gasteiger partial charge is 0.444 e. The molecule has 5 heteroatoms. The zero-order valence-corrected chi connectivity index (χ0v) is 9.91. The van der Waals surface area contributed by atoms with Gasteiger partial charge in [-0.1, -0.05) is 0 Å². The van der Waals surface area contributed by atoms with Crippen molar-refractivity contribution in [2.24, 2.45) is 0 Å². The van der Waals surface area contributed by atoms with Crippen molar-refractivity contribution in [3.63, 3.8) is 0 Å². The Morgan fingerprint density at radius 2 is 2.25 bits per heavy atom. The Balaban J connectivity index is 2.62. The van der Waals surface area contributed by atoms with Gasteiger partial charge in [0, 0.05) is 11.8 Å². The molecule has 0 saturated carbocycles. The maximum Gasteiger partial charge on any atom is 0.413 e. The molecule has 0 aliphatic heterocycles. The van der Waals surface area contributed by atoms with Crippen LogP contribution in [0.25, 0.3) is 0 Å². The highest BCUT2D eigenvalue weighted by Crippen LogP contribution is 2.10. The molecule has 1 rings (SSSR count). The van der Waals surface area contributed by atoms with E-state index in [4.69, 9.17) is 4.74 Å². The zero-order valence-electron chi connectivity index (χ0n) is 9.91. The molecule has 0 aliphatic rings. The van der Waals surface area contributed by atoms with Gasteiger partial charge in [-0.15, -0.1) is 0 Å². The molecule has 0 radical (unpaired) electrons. The first-order valence-corrected chi connectivity index (χ1v) is 5.15. The molecule has 0 spiro atoms. The Kier molecular flexibility index (Phi) is 3.84. The van der Waals surface area contributed by atoms with Crippen LogP contribution in [-0.4, -0.2) is 16.7 Å². The molecule has 0 saturated heterocycles. The standard InChI is InChI=1S/C11H17N3O2/c1-11(2,3)16-10(15)14-9-6-8(7-12)4-5-13-9/h4-6H,7,12H2,1-3H3,(H,13,14,15)/p+1. The summed E-state index contributed by atoms with van der Waals surface area (Å²) in [4.78, 5) is 15.5. The maximum atomic E-state index is 11.4. The molecular weight excluding hydrogens is 206 g/mol. The van der Waals surface area contributed by atoms with E-state index >= 15 is 0 Å². The summed E-state index contributed by atoms with van der Waals surface area (Å²) in [5.41, 5.74) is 4.27. The van der Waals surface area contributed by atoms with Crippen molar-refractivity contribution in [2.75, 3.05) is 5.32 Å². The van der Waals surface area contributed by atoms with Crippen LogP contribution in [0.4, 0.5) is 10.6 Å². The minimum Gasteiger partial charge on any atom is -0.444 e. The predicted octanol–water partition coefficient (Wildman–Crippen LogP) is 1.17. The molecule has 4 N–H and O–H groups in total. The number of hydrogen-bond donors (Lipinski definition) is 2. The van der Waals surface area contributed by atoms with Crippen LogP contribution < -0.4 is 11.1 Å². The minimum atomic E-state index is -0.506. The zero-order chi connectivity index (χ0) is 12.2. The van der Waals surface area contributed by atoms with Crippen LogP contribution >= 0.6 is 0 Å². The summed E-state index contributed by atoms with van der Waals surface area (Å²) >= 11 is 0. The lowest BCUT2D eigenvalue weighted by atomic mass is 10.2. The Morgan fingerprint density at radius 3 is 2.81 bits per heavy atom. The first-order valence-electron chi connectivity index (χ1n) is 5.15. The second-order valence-electron chi connectivity index (χ2n) is 4.43. The summed E-state index contributed by atoms with van der Waals surface area (Å²) in [5.74, 6) is 0.482. The molecule has 0 fully saturated rings. The van der Waals surface area contributed by atoms with Gasteiger partial charge in [-0.3, -0.25) is 5.32 Å². The van der Waals surface area contributed by atoms with Gasteiger partial charge in [0.2, 0.25) is 0 Å². The topological polar surface area (TPSA) is 78.9 Å². The first-order chi connectivity index (χ1) is 7.40. The van der Waals surface area contributed by atoms with Gasteiger partial charge in [0.25, 0.3) is 0 Å². The number of pyridine rings is 1. The second kappa shape index (κ2) is 4.94. The molecule has 5 nitrogen and oxygen atoms in total. The summed E-state index contributed by atoms with van der Waals surface area (Å²) in [7, 11) is 0. The number of anilines is 1. The molecule has 0 bridgehead atoms. The van der Waals surface area contributed by atoms with E-state index in [1.807, 2.05) is 26.8 Å². The van der Waals surface area contributed by atoms with E-state index in [0.29, 0.717) is 12.4 Å². The second-order valence-corrected chi connectivity index (χ2v) is 4.43. The number of carbonyl (C=O) groups is 1. The fraction of sp³-hybridized carbons (Fsp3) is 0.455. The predicted molar refractivity (Wildman–Crippen MR) is 60.7 cm³/mol. The van der Waals surface area contributed by atoms with Crippen LogP contribution in [-0.2, 0) is 11.3 Å². The third-order valence-corrected chi connectivity index (χ3v) is 1.74. The molecule has 88 valence electrons. The van der Waals surface area contributed by atoms with E-state index in [-0.39, 0.29) is 0 Å². The average molecular weight is 224 g/mol. The molecule has 1 aromatic rings. The van der Waals surface area contributed by atoms with Crippen molar-refractivity contribution in [1.82, 2.24) is 4.98 Å². The maximum absolute atomic E-state index is 11.4. The normalized spacial score (nSPS) is 11.0. The van der Waals surface area contributed by atoms with E-state index < -0.39 is 11.7 Å². The number of nitrogens with one attached hydrogen (secondary N) is 1. The van der Waals surface area contributed by atoms with Gasteiger partial charge < -0.3 is 10.5 Å². The number of carbonyl (C=O) groups excluding carboxylic acids is 1. The quantitative estimate of drug-likeness (QED) is 0.791. The van der Waals surface area contributed by atoms with Gasteiger partial charge in [-0.2, -0.15) is 0 Å². The summed E-state index contributed by atoms with van der Waals surface area (Å²) in [5, 5.41) is 2.57. The lowest BCUT2D eigenvalue weighted by Gasteiger charge is -2.19.